The molecule has 7 nitrogen and oxygen atoms in total. The molecular formula is C17H13BrClN3O4. The van der Waals surface area contributed by atoms with Gasteiger partial charge >= 0.3 is 11.1 Å². The first-order valence-electron chi connectivity index (χ1n) is 7.48. The molecule has 2 aromatic carbocycles. The maximum atomic E-state index is 12.1. The van der Waals surface area contributed by atoms with Gasteiger partial charge in [-0.1, -0.05) is 27.5 Å². The third-order valence-electron chi connectivity index (χ3n) is 3.55. The Kier molecular flexibility index (Phi) is 5.15. The van der Waals surface area contributed by atoms with E-state index in [9.17, 15) is 14.4 Å². The number of benzene rings is 2. The zero-order valence-corrected chi connectivity index (χ0v) is 15.8. The van der Waals surface area contributed by atoms with Gasteiger partial charge in [0, 0.05) is 10.2 Å². The van der Waals surface area contributed by atoms with Gasteiger partial charge in [0.1, 0.15) is 5.75 Å². The highest BCUT2D eigenvalue weighted by Crippen LogP contribution is 2.31. The average Bonchev–Trinajstić information content (AvgIpc) is 2.55. The van der Waals surface area contributed by atoms with Crippen LogP contribution in [-0.4, -0.2) is 22.5 Å². The number of carbonyl (C=O) groups is 1. The van der Waals surface area contributed by atoms with Crippen molar-refractivity contribution in [2.24, 2.45) is 0 Å². The number of hydrogen-bond acceptors (Lipinski definition) is 4. The number of H-pyrrole nitrogens is 2. The molecular weight excluding hydrogens is 426 g/mol. The fourth-order valence-electron chi connectivity index (χ4n) is 2.40. The number of hydrogen-bond donors (Lipinski definition) is 3. The summed E-state index contributed by atoms with van der Waals surface area (Å²) >= 11 is 9.46. The van der Waals surface area contributed by atoms with Gasteiger partial charge in [0.05, 0.1) is 16.1 Å². The second-order valence-electron chi connectivity index (χ2n) is 5.54. The van der Waals surface area contributed by atoms with E-state index in [1.807, 2.05) is 13.0 Å². The number of carbonyl (C=O) groups excluding carboxylic acids is 1. The number of nitrogens with one attached hydrogen (secondary N) is 3. The lowest BCUT2D eigenvalue weighted by Gasteiger charge is -2.12. The molecule has 0 saturated carbocycles. The van der Waals surface area contributed by atoms with Gasteiger partial charge in [0.2, 0.25) is 0 Å². The smallest absolute Gasteiger partial charge is 0.314 e. The standard InChI is InChI=1S/C17H13BrClN3O4/c1-8-4-9(18)5-11(19)15(8)26-7-14(23)20-10-2-3-12-13(6-10)22-17(25)16(24)21-12/h2-6H,7H2,1H3,(H,20,23)(H,21,24)(H,22,25). The van der Waals surface area contributed by atoms with Gasteiger partial charge in [-0.2, -0.15) is 0 Å². The Morgan fingerprint density at radius 3 is 2.54 bits per heavy atom. The summed E-state index contributed by atoms with van der Waals surface area (Å²) in [7, 11) is 0. The summed E-state index contributed by atoms with van der Waals surface area (Å²) in [6.45, 7) is 1.59. The van der Waals surface area contributed by atoms with Crippen molar-refractivity contribution in [3.8, 4) is 5.75 Å². The molecule has 0 atom stereocenters. The van der Waals surface area contributed by atoms with E-state index in [0.29, 0.717) is 27.5 Å². The molecule has 1 amide bonds. The summed E-state index contributed by atoms with van der Waals surface area (Å²) in [5, 5.41) is 3.06. The van der Waals surface area contributed by atoms with Crippen LogP contribution in [0.2, 0.25) is 5.02 Å². The normalized spacial score (nSPS) is 10.7. The number of fused-ring (bicyclic) bond motifs is 1. The van der Waals surface area contributed by atoms with E-state index in [1.54, 1.807) is 24.3 Å². The SMILES string of the molecule is Cc1cc(Br)cc(Cl)c1OCC(=O)Nc1ccc2[nH]c(=O)c(=O)[nH]c2c1. The van der Waals surface area contributed by atoms with Crippen molar-refractivity contribution in [3.63, 3.8) is 0 Å². The number of halogens is 2. The van der Waals surface area contributed by atoms with Crippen LogP contribution in [0.4, 0.5) is 5.69 Å². The highest BCUT2D eigenvalue weighted by atomic mass is 79.9. The summed E-state index contributed by atoms with van der Waals surface area (Å²) in [5.74, 6) is 0.0416. The molecule has 134 valence electrons. The van der Waals surface area contributed by atoms with E-state index in [4.69, 9.17) is 16.3 Å². The number of anilines is 1. The first kappa shape index (κ1) is 18.2. The Hall–Kier alpha value is -2.58. The highest BCUT2D eigenvalue weighted by molar-refractivity contribution is 9.10. The molecule has 0 aliphatic rings. The lowest BCUT2D eigenvalue weighted by Crippen LogP contribution is -2.29. The summed E-state index contributed by atoms with van der Waals surface area (Å²) in [6, 6.07) is 8.25. The summed E-state index contributed by atoms with van der Waals surface area (Å²) in [4.78, 5) is 39.7. The highest BCUT2D eigenvalue weighted by Gasteiger charge is 2.11. The molecule has 0 saturated heterocycles. The van der Waals surface area contributed by atoms with Crippen LogP contribution < -0.4 is 21.2 Å². The van der Waals surface area contributed by atoms with Crippen LogP contribution in [0, 0.1) is 6.92 Å². The quantitative estimate of drug-likeness (QED) is 0.545. The van der Waals surface area contributed by atoms with Crippen LogP contribution in [0.5, 0.6) is 5.75 Å². The van der Waals surface area contributed by atoms with Gasteiger partial charge in [-0.15, -0.1) is 0 Å². The largest absolute Gasteiger partial charge is 0.482 e. The Morgan fingerprint density at radius 1 is 1.15 bits per heavy atom. The van der Waals surface area contributed by atoms with Crippen LogP contribution in [-0.2, 0) is 4.79 Å². The third-order valence-corrected chi connectivity index (χ3v) is 4.29. The average molecular weight is 439 g/mol. The minimum Gasteiger partial charge on any atom is -0.482 e. The molecule has 3 rings (SSSR count). The molecule has 0 bridgehead atoms. The van der Waals surface area contributed by atoms with Gasteiger partial charge in [-0.05, 0) is 42.8 Å². The first-order valence-corrected chi connectivity index (χ1v) is 8.65. The molecule has 0 aliphatic carbocycles. The second-order valence-corrected chi connectivity index (χ2v) is 6.86. The number of aryl methyl sites for hydroxylation is 1. The van der Waals surface area contributed by atoms with Crippen molar-refractivity contribution in [2.45, 2.75) is 6.92 Å². The topological polar surface area (TPSA) is 104 Å². The van der Waals surface area contributed by atoms with E-state index >= 15 is 0 Å². The Bertz CT molecular complexity index is 1100. The second kappa shape index (κ2) is 7.35. The van der Waals surface area contributed by atoms with Crippen LogP contribution in [0.1, 0.15) is 5.56 Å². The number of aromatic nitrogens is 2. The van der Waals surface area contributed by atoms with Crippen molar-refractivity contribution < 1.29 is 9.53 Å². The molecule has 0 aliphatic heterocycles. The first-order chi connectivity index (χ1) is 12.3. The molecule has 3 N–H and O–H groups in total. The van der Waals surface area contributed by atoms with Crippen molar-refractivity contribution in [3.05, 3.63) is 66.1 Å². The molecule has 9 heteroatoms. The van der Waals surface area contributed by atoms with E-state index in [0.717, 1.165) is 10.0 Å². The van der Waals surface area contributed by atoms with E-state index in [-0.39, 0.29) is 6.61 Å². The van der Waals surface area contributed by atoms with Gasteiger partial charge in [-0.3, -0.25) is 14.4 Å². The lowest BCUT2D eigenvalue weighted by atomic mass is 10.2. The zero-order valence-electron chi connectivity index (χ0n) is 13.5. The van der Waals surface area contributed by atoms with Crippen LogP contribution in [0.25, 0.3) is 11.0 Å². The van der Waals surface area contributed by atoms with Crippen LogP contribution in [0.3, 0.4) is 0 Å². The van der Waals surface area contributed by atoms with E-state index < -0.39 is 17.0 Å². The number of aromatic amines is 2. The fourth-order valence-corrected chi connectivity index (χ4v) is 3.42. The zero-order chi connectivity index (χ0) is 18.8. The minimum absolute atomic E-state index is 0.234. The fraction of sp³-hybridized carbons (Fsp3) is 0.118. The van der Waals surface area contributed by atoms with Crippen molar-refractivity contribution in [2.75, 3.05) is 11.9 Å². The maximum Gasteiger partial charge on any atom is 0.314 e. The molecule has 0 spiro atoms. The molecule has 1 aromatic heterocycles. The number of amides is 1. The van der Waals surface area contributed by atoms with E-state index in [1.165, 1.54) is 0 Å². The minimum atomic E-state index is -0.760. The molecule has 26 heavy (non-hydrogen) atoms. The number of rotatable bonds is 4. The van der Waals surface area contributed by atoms with Crippen molar-refractivity contribution in [1.29, 1.82) is 0 Å². The third kappa shape index (κ3) is 3.97. The van der Waals surface area contributed by atoms with Crippen LogP contribution in [0.15, 0.2) is 44.4 Å². The summed E-state index contributed by atoms with van der Waals surface area (Å²) in [6.07, 6.45) is 0. The Balaban J connectivity index is 1.72. The molecule has 1 heterocycles. The predicted octanol–water partition coefficient (Wildman–Crippen LogP) is 2.96. The van der Waals surface area contributed by atoms with Crippen molar-refractivity contribution >= 4 is 50.2 Å². The van der Waals surface area contributed by atoms with Gasteiger partial charge in [0.25, 0.3) is 5.91 Å². The van der Waals surface area contributed by atoms with Gasteiger partial charge in [0.15, 0.2) is 6.61 Å². The van der Waals surface area contributed by atoms with E-state index in [2.05, 4.69) is 31.2 Å². The Labute approximate surface area is 160 Å². The maximum absolute atomic E-state index is 12.1. The Morgan fingerprint density at radius 2 is 1.85 bits per heavy atom. The summed E-state index contributed by atoms with van der Waals surface area (Å²) < 4.78 is 6.33. The molecule has 0 fully saturated rings. The molecule has 0 unspecified atom stereocenters. The lowest BCUT2D eigenvalue weighted by molar-refractivity contribution is -0.118. The van der Waals surface area contributed by atoms with Gasteiger partial charge < -0.3 is 20.0 Å². The van der Waals surface area contributed by atoms with Crippen molar-refractivity contribution in [1.82, 2.24) is 9.97 Å². The molecule has 3 aromatic rings. The summed E-state index contributed by atoms with van der Waals surface area (Å²) in [5.41, 5.74) is 0.618. The van der Waals surface area contributed by atoms with Gasteiger partial charge in [-0.25, -0.2) is 0 Å². The van der Waals surface area contributed by atoms with Crippen LogP contribution >= 0.6 is 27.5 Å². The molecule has 0 radical (unpaired) electrons. The monoisotopic (exact) mass is 437 g/mol. The predicted molar refractivity (Wildman–Crippen MR) is 103 cm³/mol. The number of ether oxygens (including phenoxy) is 1.